The van der Waals surface area contributed by atoms with Crippen LogP contribution in [0.25, 0.3) is 21.3 Å². The number of fused-ring (bicyclic) bond motifs is 1. The van der Waals surface area contributed by atoms with Gasteiger partial charge in [0.05, 0.1) is 15.6 Å². The molecule has 0 unspecified atom stereocenters. The van der Waals surface area contributed by atoms with Gasteiger partial charge < -0.3 is 5.32 Å². The summed E-state index contributed by atoms with van der Waals surface area (Å²) in [4.78, 5) is 19.5. The predicted molar refractivity (Wildman–Crippen MR) is 110 cm³/mol. The van der Waals surface area contributed by atoms with Crippen LogP contribution in [-0.2, 0) is 6.42 Å². The molecule has 2 aromatic carbocycles. The molecule has 0 aliphatic rings. The fourth-order valence-corrected chi connectivity index (χ4v) is 4.60. The van der Waals surface area contributed by atoms with Crippen molar-refractivity contribution in [3.8, 4) is 10.6 Å². The van der Waals surface area contributed by atoms with Crippen LogP contribution in [0.5, 0.6) is 0 Å². The van der Waals surface area contributed by atoms with E-state index in [0.29, 0.717) is 6.54 Å². The molecule has 0 radical (unpaired) electrons. The molecule has 26 heavy (non-hydrogen) atoms. The van der Waals surface area contributed by atoms with Crippen LogP contribution in [0.4, 0.5) is 0 Å². The van der Waals surface area contributed by atoms with E-state index < -0.39 is 0 Å². The third kappa shape index (κ3) is 3.54. The van der Waals surface area contributed by atoms with Crippen molar-refractivity contribution in [1.82, 2.24) is 10.3 Å². The Hall–Kier alpha value is -2.50. The van der Waals surface area contributed by atoms with E-state index in [1.54, 1.807) is 22.7 Å². The smallest absolute Gasteiger partial charge is 0.251 e. The molecule has 5 heteroatoms. The molecule has 2 heterocycles. The summed E-state index contributed by atoms with van der Waals surface area (Å²) in [5, 5.41) is 8.29. The van der Waals surface area contributed by atoms with Gasteiger partial charge in [0.15, 0.2) is 0 Å². The molecule has 130 valence electrons. The maximum absolute atomic E-state index is 12.6. The molecule has 1 N–H and O–H groups in total. The second kappa shape index (κ2) is 7.40. The number of aromatic nitrogens is 1. The molecule has 0 atom stereocenters. The van der Waals surface area contributed by atoms with Gasteiger partial charge in [-0.25, -0.2) is 4.98 Å². The second-order valence-electron chi connectivity index (χ2n) is 6.05. The van der Waals surface area contributed by atoms with E-state index in [1.807, 2.05) is 49.4 Å². The number of aryl methyl sites for hydroxylation is 1. The van der Waals surface area contributed by atoms with E-state index in [9.17, 15) is 4.79 Å². The van der Waals surface area contributed by atoms with Gasteiger partial charge in [0.2, 0.25) is 0 Å². The van der Waals surface area contributed by atoms with E-state index >= 15 is 0 Å². The Bertz CT molecular complexity index is 1060. The monoisotopic (exact) mass is 378 g/mol. The lowest BCUT2D eigenvalue weighted by atomic mass is 10.0. The summed E-state index contributed by atoms with van der Waals surface area (Å²) in [6.07, 6.45) is 0.824. The van der Waals surface area contributed by atoms with Crippen molar-refractivity contribution in [3.63, 3.8) is 0 Å². The standard InChI is InChI=1S/C21H18N2OS2/c1-14-23-19(13-25-14)20-10-9-16(26-20)11-12-22-21(24)18-8-4-6-15-5-2-3-7-17(15)18/h2-10,13H,11-12H2,1H3,(H,22,24). The summed E-state index contributed by atoms with van der Waals surface area (Å²) < 4.78 is 0. The van der Waals surface area contributed by atoms with Crippen LogP contribution in [0, 0.1) is 6.92 Å². The molecular weight excluding hydrogens is 360 g/mol. The molecular formula is C21H18N2OS2. The Morgan fingerprint density at radius 3 is 2.77 bits per heavy atom. The van der Waals surface area contributed by atoms with Gasteiger partial charge in [-0.2, -0.15) is 0 Å². The highest BCUT2D eigenvalue weighted by Crippen LogP contribution is 2.29. The van der Waals surface area contributed by atoms with E-state index in [-0.39, 0.29) is 5.91 Å². The maximum Gasteiger partial charge on any atom is 0.251 e. The molecule has 0 bridgehead atoms. The van der Waals surface area contributed by atoms with Gasteiger partial charge in [0, 0.05) is 22.4 Å². The minimum absolute atomic E-state index is 0.0197. The topological polar surface area (TPSA) is 42.0 Å². The minimum Gasteiger partial charge on any atom is -0.352 e. The average molecular weight is 379 g/mol. The van der Waals surface area contributed by atoms with Crippen molar-refractivity contribution >= 4 is 39.4 Å². The second-order valence-corrected chi connectivity index (χ2v) is 8.28. The van der Waals surface area contributed by atoms with E-state index in [1.165, 1.54) is 9.75 Å². The summed E-state index contributed by atoms with van der Waals surface area (Å²) in [5.74, 6) is -0.0197. The Morgan fingerprint density at radius 1 is 1.08 bits per heavy atom. The average Bonchev–Trinajstić information content (AvgIpc) is 3.30. The molecule has 1 amide bonds. The fourth-order valence-electron chi connectivity index (χ4n) is 2.94. The number of rotatable bonds is 5. The Balaban J connectivity index is 1.40. The first kappa shape index (κ1) is 16.9. The summed E-state index contributed by atoms with van der Waals surface area (Å²) in [6, 6.07) is 18.0. The van der Waals surface area contributed by atoms with Gasteiger partial charge >= 0.3 is 0 Å². The molecule has 4 aromatic rings. The molecule has 0 saturated carbocycles. The Kier molecular flexibility index (Phi) is 4.82. The Labute approximate surface area is 160 Å². The molecule has 0 aliphatic heterocycles. The van der Waals surface area contributed by atoms with Gasteiger partial charge in [-0.3, -0.25) is 4.79 Å². The van der Waals surface area contributed by atoms with Crippen LogP contribution in [-0.4, -0.2) is 17.4 Å². The van der Waals surface area contributed by atoms with Gasteiger partial charge in [0.1, 0.15) is 0 Å². The molecule has 0 fully saturated rings. The number of amides is 1. The van der Waals surface area contributed by atoms with Crippen LogP contribution in [0.2, 0.25) is 0 Å². The fraction of sp³-hybridized carbons (Fsp3) is 0.143. The van der Waals surface area contributed by atoms with Crippen molar-refractivity contribution in [2.45, 2.75) is 13.3 Å². The Morgan fingerprint density at radius 2 is 1.92 bits per heavy atom. The number of nitrogens with zero attached hydrogens (tertiary/aromatic N) is 1. The predicted octanol–water partition coefficient (Wildman–Crippen LogP) is 5.31. The highest BCUT2D eigenvalue weighted by molar-refractivity contribution is 7.16. The van der Waals surface area contributed by atoms with E-state index in [4.69, 9.17) is 0 Å². The van der Waals surface area contributed by atoms with Gasteiger partial charge in [-0.05, 0) is 42.3 Å². The normalized spacial score (nSPS) is 11.0. The van der Waals surface area contributed by atoms with Gasteiger partial charge in [0.25, 0.3) is 5.91 Å². The van der Waals surface area contributed by atoms with Gasteiger partial charge in [-0.15, -0.1) is 22.7 Å². The molecule has 3 nitrogen and oxygen atoms in total. The number of benzene rings is 2. The molecule has 0 saturated heterocycles. The van der Waals surface area contributed by atoms with Crippen LogP contribution < -0.4 is 5.32 Å². The number of thiophene rings is 1. The van der Waals surface area contributed by atoms with E-state index in [2.05, 4.69) is 27.8 Å². The lowest BCUT2D eigenvalue weighted by Crippen LogP contribution is -2.25. The number of carbonyl (C=O) groups is 1. The number of thiazole rings is 1. The van der Waals surface area contributed by atoms with Crippen LogP contribution in [0.1, 0.15) is 20.2 Å². The highest BCUT2D eigenvalue weighted by atomic mass is 32.1. The number of nitrogens with one attached hydrogen (secondary N) is 1. The zero-order chi connectivity index (χ0) is 17.9. The number of carbonyl (C=O) groups excluding carboxylic acids is 1. The highest BCUT2D eigenvalue weighted by Gasteiger charge is 2.10. The SMILES string of the molecule is Cc1nc(-c2ccc(CCNC(=O)c3cccc4ccccc34)s2)cs1. The first-order valence-corrected chi connectivity index (χ1v) is 10.2. The zero-order valence-electron chi connectivity index (χ0n) is 14.4. The van der Waals surface area contributed by atoms with Crippen LogP contribution >= 0.6 is 22.7 Å². The molecule has 0 spiro atoms. The first-order chi connectivity index (χ1) is 12.7. The van der Waals surface area contributed by atoms with Crippen LogP contribution in [0.3, 0.4) is 0 Å². The number of hydrogen-bond donors (Lipinski definition) is 1. The largest absolute Gasteiger partial charge is 0.352 e. The maximum atomic E-state index is 12.6. The third-order valence-electron chi connectivity index (χ3n) is 4.22. The summed E-state index contributed by atoms with van der Waals surface area (Å²) in [5.41, 5.74) is 1.77. The van der Waals surface area contributed by atoms with E-state index in [0.717, 1.165) is 33.5 Å². The van der Waals surface area contributed by atoms with Crippen molar-refractivity contribution < 1.29 is 4.79 Å². The lowest BCUT2D eigenvalue weighted by Gasteiger charge is -2.07. The molecule has 2 aromatic heterocycles. The zero-order valence-corrected chi connectivity index (χ0v) is 16.0. The molecule has 0 aliphatic carbocycles. The lowest BCUT2D eigenvalue weighted by molar-refractivity contribution is 0.0956. The summed E-state index contributed by atoms with van der Waals surface area (Å²) >= 11 is 3.41. The quantitative estimate of drug-likeness (QED) is 0.512. The third-order valence-corrected chi connectivity index (χ3v) is 6.17. The minimum atomic E-state index is -0.0197. The van der Waals surface area contributed by atoms with Crippen molar-refractivity contribution in [2.24, 2.45) is 0 Å². The first-order valence-electron chi connectivity index (χ1n) is 8.48. The van der Waals surface area contributed by atoms with Crippen molar-refractivity contribution in [3.05, 3.63) is 75.4 Å². The van der Waals surface area contributed by atoms with Crippen LogP contribution in [0.15, 0.2) is 60.0 Å². The van der Waals surface area contributed by atoms with Crippen molar-refractivity contribution in [1.29, 1.82) is 0 Å². The molecule has 4 rings (SSSR count). The summed E-state index contributed by atoms with van der Waals surface area (Å²) in [7, 11) is 0. The van der Waals surface area contributed by atoms with Gasteiger partial charge in [-0.1, -0.05) is 36.4 Å². The van der Waals surface area contributed by atoms with Crippen molar-refractivity contribution in [2.75, 3.05) is 6.54 Å². The summed E-state index contributed by atoms with van der Waals surface area (Å²) in [6.45, 7) is 2.64. The number of hydrogen-bond acceptors (Lipinski definition) is 4.